The number of amides is 1. The topological polar surface area (TPSA) is 46.3 Å². The van der Waals surface area contributed by atoms with Gasteiger partial charge in [-0.1, -0.05) is 19.8 Å². The van der Waals surface area contributed by atoms with Gasteiger partial charge in [0.25, 0.3) is 5.91 Å². The van der Waals surface area contributed by atoms with Crippen LogP contribution in [0.3, 0.4) is 0 Å². The molecule has 1 fully saturated rings. The minimum absolute atomic E-state index is 0.134. The fourth-order valence-electron chi connectivity index (χ4n) is 2.74. The SMILES string of the molecule is CCC1CCCCCN1C(=O)c1cc(F)ccc1N. The summed E-state index contributed by atoms with van der Waals surface area (Å²) < 4.78 is 13.3. The molecule has 1 aromatic rings. The van der Waals surface area contributed by atoms with E-state index in [-0.39, 0.29) is 11.9 Å². The Morgan fingerprint density at radius 3 is 2.95 bits per heavy atom. The molecule has 2 N–H and O–H groups in total. The zero-order valence-corrected chi connectivity index (χ0v) is 11.4. The molecular formula is C15H21FN2O. The van der Waals surface area contributed by atoms with Crippen LogP contribution in [0.1, 0.15) is 49.4 Å². The highest BCUT2D eigenvalue weighted by atomic mass is 19.1. The van der Waals surface area contributed by atoms with Crippen molar-refractivity contribution in [2.75, 3.05) is 12.3 Å². The molecule has 1 saturated heterocycles. The number of benzene rings is 1. The lowest BCUT2D eigenvalue weighted by Gasteiger charge is -2.29. The van der Waals surface area contributed by atoms with Crippen molar-refractivity contribution in [3.63, 3.8) is 0 Å². The van der Waals surface area contributed by atoms with E-state index in [4.69, 9.17) is 5.73 Å². The van der Waals surface area contributed by atoms with E-state index in [1.54, 1.807) is 0 Å². The molecule has 4 heteroatoms. The Hall–Kier alpha value is -1.58. The summed E-state index contributed by atoms with van der Waals surface area (Å²) >= 11 is 0. The van der Waals surface area contributed by atoms with Crippen molar-refractivity contribution in [3.05, 3.63) is 29.6 Å². The van der Waals surface area contributed by atoms with Gasteiger partial charge in [0.05, 0.1) is 5.56 Å². The third-order valence-electron chi connectivity index (χ3n) is 3.85. The minimum atomic E-state index is -0.416. The third kappa shape index (κ3) is 3.06. The Labute approximate surface area is 113 Å². The van der Waals surface area contributed by atoms with Crippen LogP contribution >= 0.6 is 0 Å². The predicted molar refractivity (Wildman–Crippen MR) is 74.4 cm³/mol. The normalized spacial score (nSPS) is 20.1. The summed E-state index contributed by atoms with van der Waals surface area (Å²) in [6.07, 6.45) is 5.27. The van der Waals surface area contributed by atoms with Crippen LogP contribution in [0, 0.1) is 5.82 Å². The summed E-state index contributed by atoms with van der Waals surface area (Å²) in [6, 6.07) is 4.24. The summed E-state index contributed by atoms with van der Waals surface area (Å²) in [6.45, 7) is 2.83. The summed E-state index contributed by atoms with van der Waals surface area (Å²) in [5, 5.41) is 0. The molecule has 19 heavy (non-hydrogen) atoms. The van der Waals surface area contributed by atoms with E-state index in [2.05, 4.69) is 6.92 Å². The van der Waals surface area contributed by atoms with Crippen LogP contribution in [-0.4, -0.2) is 23.4 Å². The molecule has 1 aromatic carbocycles. The van der Waals surface area contributed by atoms with Crippen molar-refractivity contribution >= 4 is 11.6 Å². The van der Waals surface area contributed by atoms with Crippen molar-refractivity contribution in [1.82, 2.24) is 4.90 Å². The van der Waals surface area contributed by atoms with Gasteiger partial charge in [-0.05, 0) is 37.5 Å². The standard InChI is InChI=1S/C15H21FN2O/c1-2-12-6-4-3-5-9-18(12)15(19)13-10-11(16)7-8-14(13)17/h7-8,10,12H,2-6,9,17H2,1H3. The number of nitrogen functional groups attached to an aromatic ring is 1. The van der Waals surface area contributed by atoms with Crippen molar-refractivity contribution < 1.29 is 9.18 Å². The van der Waals surface area contributed by atoms with Gasteiger partial charge in [0.2, 0.25) is 0 Å². The molecular weight excluding hydrogens is 243 g/mol. The van der Waals surface area contributed by atoms with Crippen LogP contribution in [0.15, 0.2) is 18.2 Å². The maximum absolute atomic E-state index is 13.3. The van der Waals surface area contributed by atoms with E-state index in [9.17, 15) is 9.18 Å². The van der Waals surface area contributed by atoms with Gasteiger partial charge in [0.1, 0.15) is 5.82 Å². The molecule has 1 heterocycles. The van der Waals surface area contributed by atoms with Crippen molar-refractivity contribution in [2.45, 2.75) is 45.1 Å². The van der Waals surface area contributed by atoms with Gasteiger partial charge in [-0.15, -0.1) is 0 Å². The molecule has 1 amide bonds. The second-order valence-corrected chi connectivity index (χ2v) is 5.14. The Kier molecular flexibility index (Phi) is 4.40. The number of carbonyl (C=O) groups is 1. The summed E-state index contributed by atoms with van der Waals surface area (Å²) in [5.41, 5.74) is 6.45. The van der Waals surface area contributed by atoms with E-state index in [1.807, 2.05) is 4.90 Å². The first kappa shape index (κ1) is 13.8. The van der Waals surface area contributed by atoms with Crippen molar-refractivity contribution in [1.29, 1.82) is 0 Å². The molecule has 0 aliphatic carbocycles. The summed E-state index contributed by atoms with van der Waals surface area (Å²) in [5.74, 6) is -0.550. The monoisotopic (exact) mass is 264 g/mol. The fourth-order valence-corrected chi connectivity index (χ4v) is 2.74. The minimum Gasteiger partial charge on any atom is -0.398 e. The van der Waals surface area contributed by atoms with E-state index < -0.39 is 5.82 Å². The molecule has 2 rings (SSSR count). The van der Waals surface area contributed by atoms with Gasteiger partial charge in [0, 0.05) is 18.3 Å². The number of hydrogen-bond acceptors (Lipinski definition) is 2. The Balaban J connectivity index is 2.27. The molecule has 1 atom stereocenters. The Morgan fingerprint density at radius 2 is 2.21 bits per heavy atom. The predicted octanol–water partition coefficient (Wildman–Crippen LogP) is 3.20. The molecule has 0 radical (unpaired) electrons. The molecule has 1 unspecified atom stereocenters. The van der Waals surface area contributed by atoms with E-state index >= 15 is 0 Å². The van der Waals surface area contributed by atoms with Crippen LogP contribution in [0.2, 0.25) is 0 Å². The number of carbonyl (C=O) groups excluding carboxylic acids is 1. The first-order chi connectivity index (χ1) is 9.13. The van der Waals surface area contributed by atoms with Crippen LogP contribution in [0.25, 0.3) is 0 Å². The first-order valence-corrected chi connectivity index (χ1v) is 6.99. The van der Waals surface area contributed by atoms with Crippen LogP contribution < -0.4 is 5.73 Å². The molecule has 0 bridgehead atoms. The number of halogens is 1. The second-order valence-electron chi connectivity index (χ2n) is 5.14. The number of rotatable bonds is 2. The lowest BCUT2D eigenvalue weighted by Crippen LogP contribution is -2.40. The molecule has 0 aromatic heterocycles. The van der Waals surface area contributed by atoms with E-state index in [0.29, 0.717) is 11.3 Å². The van der Waals surface area contributed by atoms with E-state index in [0.717, 1.165) is 38.6 Å². The van der Waals surface area contributed by atoms with Gasteiger partial charge >= 0.3 is 0 Å². The smallest absolute Gasteiger partial charge is 0.256 e. The van der Waals surface area contributed by atoms with Crippen LogP contribution in [-0.2, 0) is 0 Å². The quantitative estimate of drug-likeness (QED) is 0.834. The number of nitrogens with zero attached hydrogens (tertiary/aromatic N) is 1. The highest BCUT2D eigenvalue weighted by Gasteiger charge is 2.26. The van der Waals surface area contributed by atoms with Gasteiger partial charge in [-0.3, -0.25) is 4.79 Å². The number of likely N-dealkylation sites (tertiary alicyclic amines) is 1. The average Bonchev–Trinajstić information content (AvgIpc) is 2.65. The molecule has 3 nitrogen and oxygen atoms in total. The van der Waals surface area contributed by atoms with Crippen molar-refractivity contribution in [3.8, 4) is 0 Å². The third-order valence-corrected chi connectivity index (χ3v) is 3.85. The van der Waals surface area contributed by atoms with Gasteiger partial charge < -0.3 is 10.6 Å². The second kappa shape index (κ2) is 6.04. The molecule has 0 spiro atoms. The number of nitrogens with two attached hydrogens (primary N) is 1. The molecule has 1 aliphatic heterocycles. The zero-order chi connectivity index (χ0) is 13.8. The largest absolute Gasteiger partial charge is 0.398 e. The highest BCUT2D eigenvalue weighted by molar-refractivity contribution is 5.99. The zero-order valence-electron chi connectivity index (χ0n) is 11.4. The lowest BCUT2D eigenvalue weighted by molar-refractivity contribution is 0.0679. The van der Waals surface area contributed by atoms with Gasteiger partial charge in [0.15, 0.2) is 0 Å². The molecule has 104 valence electrons. The fraction of sp³-hybridized carbons (Fsp3) is 0.533. The summed E-state index contributed by atoms with van der Waals surface area (Å²) in [7, 11) is 0. The maximum atomic E-state index is 13.3. The average molecular weight is 264 g/mol. The van der Waals surface area contributed by atoms with Crippen molar-refractivity contribution in [2.24, 2.45) is 0 Å². The first-order valence-electron chi connectivity index (χ1n) is 6.99. The van der Waals surface area contributed by atoms with Gasteiger partial charge in [-0.2, -0.15) is 0 Å². The molecule has 0 saturated carbocycles. The van der Waals surface area contributed by atoms with Crippen LogP contribution in [0.5, 0.6) is 0 Å². The van der Waals surface area contributed by atoms with Crippen LogP contribution in [0.4, 0.5) is 10.1 Å². The number of anilines is 1. The summed E-state index contributed by atoms with van der Waals surface area (Å²) in [4.78, 5) is 14.4. The van der Waals surface area contributed by atoms with E-state index in [1.165, 1.54) is 18.2 Å². The lowest BCUT2D eigenvalue weighted by atomic mass is 10.1. The Morgan fingerprint density at radius 1 is 1.42 bits per heavy atom. The number of hydrogen-bond donors (Lipinski definition) is 1. The highest BCUT2D eigenvalue weighted by Crippen LogP contribution is 2.23. The molecule has 1 aliphatic rings. The Bertz CT molecular complexity index is 461. The maximum Gasteiger partial charge on any atom is 0.256 e. The van der Waals surface area contributed by atoms with Gasteiger partial charge in [-0.25, -0.2) is 4.39 Å².